The molecule has 0 aromatic heterocycles. The van der Waals surface area contributed by atoms with Crippen LogP contribution in [0.5, 0.6) is 0 Å². The topological polar surface area (TPSA) is 75.3 Å². The van der Waals surface area contributed by atoms with Gasteiger partial charge in [0.2, 0.25) is 5.91 Å². The first-order valence-electron chi connectivity index (χ1n) is 7.88. The Morgan fingerprint density at radius 1 is 1.00 bits per heavy atom. The van der Waals surface area contributed by atoms with Gasteiger partial charge in [-0.15, -0.1) is 11.6 Å². The number of halogens is 1. The van der Waals surface area contributed by atoms with E-state index in [1.165, 1.54) is 12.1 Å². The maximum atomic E-state index is 12.5. The van der Waals surface area contributed by atoms with E-state index in [9.17, 15) is 13.2 Å². The van der Waals surface area contributed by atoms with Crippen LogP contribution in [0.4, 0.5) is 11.4 Å². The number of carbonyl (C=O) groups is 1. The van der Waals surface area contributed by atoms with Crippen LogP contribution in [0.25, 0.3) is 0 Å². The largest absolute Gasteiger partial charge is 0.326 e. The number of aryl methyl sites for hydroxylation is 2. The van der Waals surface area contributed by atoms with Crippen LogP contribution < -0.4 is 10.0 Å². The van der Waals surface area contributed by atoms with E-state index in [1.54, 1.807) is 24.3 Å². The van der Waals surface area contributed by atoms with Crippen LogP contribution in [0.1, 0.15) is 24.0 Å². The Morgan fingerprint density at radius 2 is 1.64 bits per heavy atom. The molecule has 1 amide bonds. The van der Waals surface area contributed by atoms with Crippen molar-refractivity contribution in [2.75, 3.05) is 15.9 Å². The summed E-state index contributed by atoms with van der Waals surface area (Å²) in [6.45, 7) is 3.89. The minimum absolute atomic E-state index is 0.129. The highest BCUT2D eigenvalue weighted by Crippen LogP contribution is 2.20. The van der Waals surface area contributed by atoms with E-state index in [4.69, 9.17) is 11.6 Å². The maximum Gasteiger partial charge on any atom is 0.261 e. The minimum atomic E-state index is -3.68. The molecule has 25 heavy (non-hydrogen) atoms. The summed E-state index contributed by atoms with van der Waals surface area (Å²) >= 11 is 5.55. The summed E-state index contributed by atoms with van der Waals surface area (Å²) in [5.74, 6) is 0.277. The highest BCUT2D eigenvalue weighted by atomic mass is 35.5. The van der Waals surface area contributed by atoms with Crippen LogP contribution in [0.3, 0.4) is 0 Å². The highest BCUT2D eigenvalue weighted by Gasteiger charge is 2.14. The summed E-state index contributed by atoms with van der Waals surface area (Å²) in [7, 11) is -3.68. The molecule has 2 aromatic rings. The predicted octanol–water partition coefficient (Wildman–Crippen LogP) is 4.06. The number of nitrogens with one attached hydrogen (secondary N) is 2. The number of sulfonamides is 1. The molecule has 0 spiro atoms. The molecule has 2 N–H and O–H groups in total. The van der Waals surface area contributed by atoms with Crippen molar-refractivity contribution >= 4 is 38.9 Å². The maximum absolute atomic E-state index is 12.5. The molecule has 7 heteroatoms. The molecule has 0 radical (unpaired) electrons. The third kappa shape index (κ3) is 5.47. The lowest BCUT2D eigenvalue weighted by Crippen LogP contribution is -2.14. The molecule has 134 valence electrons. The van der Waals surface area contributed by atoms with E-state index in [-0.39, 0.29) is 10.8 Å². The molecule has 0 aliphatic rings. The van der Waals surface area contributed by atoms with Gasteiger partial charge in [-0.05, 0) is 67.8 Å². The molecular formula is C18H21ClN2O3S. The predicted molar refractivity (Wildman–Crippen MR) is 102 cm³/mol. The van der Waals surface area contributed by atoms with Gasteiger partial charge in [0.05, 0.1) is 4.90 Å². The molecule has 0 saturated carbocycles. The number of benzene rings is 2. The van der Waals surface area contributed by atoms with Gasteiger partial charge in [0.15, 0.2) is 0 Å². The van der Waals surface area contributed by atoms with Gasteiger partial charge in [0.25, 0.3) is 10.0 Å². The second-order valence-electron chi connectivity index (χ2n) is 5.77. The third-order valence-electron chi connectivity index (χ3n) is 3.74. The van der Waals surface area contributed by atoms with Crippen LogP contribution in [0, 0.1) is 13.8 Å². The van der Waals surface area contributed by atoms with Gasteiger partial charge in [-0.3, -0.25) is 9.52 Å². The van der Waals surface area contributed by atoms with Crippen LogP contribution in [-0.4, -0.2) is 20.2 Å². The highest BCUT2D eigenvalue weighted by molar-refractivity contribution is 7.92. The number of hydrogen-bond acceptors (Lipinski definition) is 3. The van der Waals surface area contributed by atoms with Crippen molar-refractivity contribution in [2.24, 2.45) is 0 Å². The fourth-order valence-electron chi connectivity index (χ4n) is 2.19. The average molecular weight is 381 g/mol. The van der Waals surface area contributed by atoms with Crippen molar-refractivity contribution in [3.05, 3.63) is 53.6 Å². The molecule has 0 aliphatic carbocycles. The molecular weight excluding hydrogens is 360 g/mol. The monoisotopic (exact) mass is 380 g/mol. The van der Waals surface area contributed by atoms with Crippen molar-refractivity contribution in [1.29, 1.82) is 0 Å². The Labute approximate surface area is 153 Å². The van der Waals surface area contributed by atoms with Gasteiger partial charge in [-0.2, -0.15) is 0 Å². The molecule has 0 fully saturated rings. The number of carbonyl (C=O) groups excluding carboxylic acids is 1. The van der Waals surface area contributed by atoms with E-state index in [1.807, 2.05) is 19.9 Å². The summed E-state index contributed by atoms with van der Waals surface area (Å²) in [5.41, 5.74) is 3.17. The summed E-state index contributed by atoms with van der Waals surface area (Å²) in [6, 6.07) is 11.4. The molecule has 0 bridgehead atoms. The molecule has 2 aromatic carbocycles. The molecule has 0 heterocycles. The van der Waals surface area contributed by atoms with E-state index in [2.05, 4.69) is 10.0 Å². The molecule has 0 aliphatic heterocycles. The van der Waals surface area contributed by atoms with Gasteiger partial charge < -0.3 is 5.32 Å². The lowest BCUT2D eigenvalue weighted by atomic mass is 10.1. The van der Waals surface area contributed by atoms with Crippen molar-refractivity contribution < 1.29 is 13.2 Å². The fourth-order valence-corrected chi connectivity index (χ4v) is 3.37. The smallest absolute Gasteiger partial charge is 0.261 e. The zero-order valence-electron chi connectivity index (χ0n) is 14.2. The first-order chi connectivity index (χ1) is 11.8. The van der Waals surface area contributed by atoms with Crippen LogP contribution in [0.2, 0.25) is 0 Å². The molecule has 0 unspecified atom stereocenters. The lowest BCUT2D eigenvalue weighted by Gasteiger charge is -2.11. The molecule has 5 nitrogen and oxygen atoms in total. The summed E-state index contributed by atoms with van der Waals surface area (Å²) in [6.07, 6.45) is 0.928. The number of amides is 1. The second kappa shape index (κ2) is 8.36. The van der Waals surface area contributed by atoms with E-state index < -0.39 is 10.0 Å². The zero-order chi connectivity index (χ0) is 18.4. The van der Waals surface area contributed by atoms with Crippen LogP contribution in [-0.2, 0) is 14.8 Å². The standard InChI is InChI=1S/C18H21ClN2O3S/c1-13-5-6-16(12-14(13)2)21-25(23,24)17-9-7-15(8-10-17)20-18(22)4-3-11-19/h5-10,12,21H,3-4,11H2,1-2H3,(H,20,22). The lowest BCUT2D eigenvalue weighted by molar-refractivity contribution is -0.116. The number of rotatable bonds is 7. The molecule has 2 rings (SSSR count). The second-order valence-corrected chi connectivity index (χ2v) is 7.83. The van der Waals surface area contributed by atoms with E-state index in [0.717, 1.165) is 11.1 Å². The first-order valence-corrected chi connectivity index (χ1v) is 9.89. The minimum Gasteiger partial charge on any atom is -0.326 e. The normalized spacial score (nSPS) is 11.2. The summed E-state index contributed by atoms with van der Waals surface area (Å²) in [5, 5.41) is 2.71. The van der Waals surface area contributed by atoms with Gasteiger partial charge in [0, 0.05) is 23.7 Å². The van der Waals surface area contributed by atoms with E-state index in [0.29, 0.717) is 30.1 Å². The van der Waals surface area contributed by atoms with Gasteiger partial charge in [-0.1, -0.05) is 6.07 Å². The molecule has 0 saturated heterocycles. The van der Waals surface area contributed by atoms with Crippen molar-refractivity contribution in [3.8, 4) is 0 Å². The number of anilines is 2. The Balaban J connectivity index is 2.09. The first kappa shape index (κ1) is 19.3. The third-order valence-corrected chi connectivity index (χ3v) is 5.41. The van der Waals surface area contributed by atoms with Crippen molar-refractivity contribution in [2.45, 2.75) is 31.6 Å². The zero-order valence-corrected chi connectivity index (χ0v) is 15.7. The van der Waals surface area contributed by atoms with Crippen LogP contribution in [0.15, 0.2) is 47.4 Å². The van der Waals surface area contributed by atoms with Crippen molar-refractivity contribution in [1.82, 2.24) is 0 Å². The Morgan fingerprint density at radius 3 is 2.24 bits per heavy atom. The fraction of sp³-hybridized carbons (Fsp3) is 0.278. The SMILES string of the molecule is Cc1ccc(NS(=O)(=O)c2ccc(NC(=O)CCCCl)cc2)cc1C. The molecule has 0 atom stereocenters. The Kier molecular flexibility index (Phi) is 6.45. The van der Waals surface area contributed by atoms with Gasteiger partial charge >= 0.3 is 0 Å². The number of hydrogen-bond donors (Lipinski definition) is 2. The Hall–Kier alpha value is -2.05. The van der Waals surface area contributed by atoms with Crippen LogP contribution >= 0.6 is 11.6 Å². The van der Waals surface area contributed by atoms with Gasteiger partial charge in [0.1, 0.15) is 0 Å². The number of alkyl halides is 1. The summed E-state index contributed by atoms with van der Waals surface area (Å²) in [4.78, 5) is 11.8. The van der Waals surface area contributed by atoms with E-state index >= 15 is 0 Å². The van der Waals surface area contributed by atoms with Crippen molar-refractivity contribution in [3.63, 3.8) is 0 Å². The average Bonchev–Trinajstić information content (AvgIpc) is 2.56. The Bertz CT molecular complexity index is 849. The summed E-state index contributed by atoms with van der Waals surface area (Å²) < 4.78 is 27.5. The quantitative estimate of drug-likeness (QED) is 0.711. The van der Waals surface area contributed by atoms with Gasteiger partial charge in [-0.25, -0.2) is 8.42 Å².